The summed E-state index contributed by atoms with van der Waals surface area (Å²) >= 11 is 0. The number of hydrogen-bond donors (Lipinski definition) is 0. The van der Waals surface area contributed by atoms with Gasteiger partial charge in [0, 0.05) is 25.2 Å². The van der Waals surface area contributed by atoms with Crippen molar-refractivity contribution in [2.75, 3.05) is 20.2 Å². The van der Waals surface area contributed by atoms with E-state index in [1.165, 1.54) is 5.56 Å². The van der Waals surface area contributed by atoms with Crippen LogP contribution in [0.5, 0.6) is 11.5 Å². The van der Waals surface area contributed by atoms with Crippen molar-refractivity contribution in [2.45, 2.75) is 32.8 Å². The highest BCUT2D eigenvalue weighted by Gasteiger charge is 2.33. The molecule has 0 aliphatic carbocycles. The molecule has 2 heterocycles. The Morgan fingerprint density at radius 2 is 1.81 bits per heavy atom. The van der Waals surface area contributed by atoms with Gasteiger partial charge in [0.1, 0.15) is 12.3 Å². The quantitative estimate of drug-likeness (QED) is 0.556. The zero-order valence-electron chi connectivity index (χ0n) is 18.3. The number of benzene rings is 2. The lowest BCUT2D eigenvalue weighted by atomic mass is 9.90. The molecule has 4 rings (SSSR count). The van der Waals surface area contributed by atoms with Crippen LogP contribution in [0.25, 0.3) is 0 Å². The van der Waals surface area contributed by atoms with Crippen LogP contribution in [0, 0.1) is 6.92 Å². The summed E-state index contributed by atoms with van der Waals surface area (Å²) in [5, 5.41) is 0. The summed E-state index contributed by atoms with van der Waals surface area (Å²) in [5.74, 6) is 1.73. The van der Waals surface area contributed by atoms with Crippen molar-refractivity contribution in [1.82, 2.24) is 9.88 Å². The Bertz CT molecular complexity index is 1060. The number of hydrogen-bond acceptors (Lipinski definition) is 4. The molecule has 1 aliphatic rings. The van der Waals surface area contributed by atoms with Crippen LogP contribution in [0.2, 0.25) is 0 Å². The summed E-state index contributed by atoms with van der Waals surface area (Å²) in [5.41, 5.74) is 5.04. The fourth-order valence-corrected chi connectivity index (χ4v) is 3.80. The zero-order valence-corrected chi connectivity index (χ0v) is 18.3. The minimum Gasteiger partial charge on any atom is -0.493 e. The molecule has 31 heavy (non-hydrogen) atoms. The first-order valence-corrected chi connectivity index (χ1v) is 10.7. The fourth-order valence-electron chi connectivity index (χ4n) is 3.80. The van der Waals surface area contributed by atoms with Crippen molar-refractivity contribution in [3.05, 3.63) is 88.7 Å². The van der Waals surface area contributed by atoms with Gasteiger partial charge in [0.15, 0.2) is 11.5 Å². The molecular formula is C26H28N2O3. The summed E-state index contributed by atoms with van der Waals surface area (Å²) in [6.07, 6.45) is 2.70. The summed E-state index contributed by atoms with van der Waals surface area (Å²) in [6.45, 7) is 5.92. The van der Waals surface area contributed by atoms with Gasteiger partial charge in [-0.3, -0.25) is 9.78 Å². The van der Waals surface area contributed by atoms with Gasteiger partial charge in [0.05, 0.1) is 7.11 Å². The maximum absolute atomic E-state index is 12.7. The molecule has 2 aromatic carbocycles. The average molecular weight is 417 g/mol. The van der Waals surface area contributed by atoms with Crippen LogP contribution >= 0.6 is 0 Å². The molecule has 0 bridgehead atoms. The lowest BCUT2D eigenvalue weighted by Gasteiger charge is -2.39. The predicted octanol–water partition coefficient (Wildman–Crippen LogP) is 4.78. The van der Waals surface area contributed by atoms with Gasteiger partial charge in [-0.1, -0.05) is 43.3 Å². The van der Waals surface area contributed by atoms with Gasteiger partial charge in [-0.05, 0) is 53.8 Å². The van der Waals surface area contributed by atoms with Crippen molar-refractivity contribution >= 4 is 5.91 Å². The molecule has 1 fully saturated rings. The van der Waals surface area contributed by atoms with Crippen LogP contribution in [-0.4, -0.2) is 36.0 Å². The second-order valence-corrected chi connectivity index (χ2v) is 7.94. The molecule has 0 radical (unpaired) electrons. The molecule has 1 saturated heterocycles. The van der Waals surface area contributed by atoms with E-state index in [9.17, 15) is 4.79 Å². The molecule has 0 unspecified atom stereocenters. The van der Waals surface area contributed by atoms with Gasteiger partial charge in [-0.15, -0.1) is 0 Å². The fraction of sp³-hybridized carbons (Fsp3) is 0.308. The maximum atomic E-state index is 12.7. The van der Waals surface area contributed by atoms with Crippen molar-refractivity contribution < 1.29 is 14.3 Å². The van der Waals surface area contributed by atoms with Gasteiger partial charge in [-0.2, -0.15) is 0 Å². The SMILES string of the molecule is CCc1ccc(COc2ccc(C3CN(C(=O)c4ncccc4C)C3)cc2OC)cc1. The minimum atomic E-state index is -0.00430. The van der Waals surface area contributed by atoms with Gasteiger partial charge < -0.3 is 14.4 Å². The number of carbonyl (C=O) groups excluding carboxylic acids is 1. The molecule has 1 aliphatic heterocycles. The van der Waals surface area contributed by atoms with Gasteiger partial charge in [0.2, 0.25) is 0 Å². The van der Waals surface area contributed by atoms with Gasteiger partial charge >= 0.3 is 0 Å². The van der Waals surface area contributed by atoms with E-state index >= 15 is 0 Å². The number of rotatable bonds is 7. The largest absolute Gasteiger partial charge is 0.493 e. The van der Waals surface area contributed by atoms with Crippen LogP contribution in [0.3, 0.4) is 0 Å². The number of aromatic nitrogens is 1. The molecule has 160 valence electrons. The standard InChI is InChI=1S/C26H28N2O3/c1-4-19-7-9-20(10-8-19)17-31-23-12-11-21(14-24(23)30-3)22-15-28(16-22)26(29)25-18(2)6-5-13-27-25/h5-14,22H,4,15-17H2,1-3H3. The van der Waals surface area contributed by atoms with E-state index in [2.05, 4.69) is 42.2 Å². The molecule has 5 heteroatoms. The van der Waals surface area contributed by atoms with E-state index in [0.717, 1.165) is 28.9 Å². The lowest BCUT2D eigenvalue weighted by Crippen LogP contribution is -2.48. The average Bonchev–Trinajstić information content (AvgIpc) is 2.77. The first kappa shape index (κ1) is 20.9. The summed E-state index contributed by atoms with van der Waals surface area (Å²) in [7, 11) is 1.66. The van der Waals surface area contributed by atoms with E-state index in [4.69, 9.17) is 9.47 Å². The number of pyridine rings is 1. The second-order valence-electron chi connectivity index (χ2n) is 7.94. The minimum absolute atomic E-state index is 0.00430. The van der Waals surface area contributed by atoms with Crippen LogP contribution in [0.4, 0.5) is 0 Å². The zero-order chi connectivity index (χ0) is 21.8. The normalized spacial score (nSPS) is 13.6. The van der Waals surface area contributed by atoms with Gasteiger partial charge in [-0.25, -0.2) is 0 Å². The Labute approximate surface area is 183 Å². The number of amides is 1. The molecule has 0 spiro atoms. The van der Waals surface area contributed by atoms with Crippen LogP contribution < -0.4 is 9.47 Å². The summed E-state index contributed by atoms with van der Waals surface area (Å²) in [6, 6.07) is 18.3. The Balaban J connectivity index is 1.38. The molecule has 0 saturated carbocycles. The summed E-state index contributed by atoms with van der Waals surface area (Å²) in [4.78, 5) is 18.8. The third-order valence-corrected chi connectivity index (χ3v) is 5.87. The lowest BCUT2D eigenvalue weighted by molar-refractivity contribution is 0.0595. The van der Waals surface area contributed by atoms with Crippen molar-refractivity contribution in [3.63, 3.8) is 0 Å². The van der Waals surface area contributed by atoms with E-state index in [0.29, 0.717) is 31.1 Å². The maximum Gasteiger partial charge on any atom is 0.272 e. The predicted molar refractivity (Wildman–Crippen MR) is 121 cm³/mol. The van der Waals surface area contributed by atoms with Gasteiger partial charge in [0.25, 0.3) is 5.91 Å². The molecule has 5 nitrogen and oxygen atoms in total. The molecule has 1 amide bonds. The number of nitrogens with zero attached hydrogens (tertiary/aromatic N) is 2. The number of carbonyl (C=O) groups is 1. The van der Waals surface area contributed by atoms with Crippen LogP contribution in [0.1, 0.15) is 45.6 Å². The van der Waals surface area contributed by atoms with Crippen LogP contribution in [-0.2, 0) is 13.0 Å². The summed E-state index contributed by atoms with van der Waals surface area (Å²) < 4.78 is 11.6. The van der Waals surface area contributed by atoms with Crippen molar-refractivity contribution in [3.8, 4) is 11.5 Å². The number of ether oxygens (including phenoxy) is 2. The second kappa shape index (κ2) is 9.21. The Kier molecular flexibility index (Phi) is 6.21. The van der Waals surface area contributed by atoms with Crippen LogP contribution in [0.15, 0.2) is 60.8 Å². The molecule has 0 atom stereocenters. The van der Waals surface area contributed by atoms with E-state index in [-0.39, 0.29) is 11.8 Å². The monoisotopic (exact) mass is 416 g/mol. The first-order chi connectivity index (χ1) is 15.1. The molecule has 3 aromatic rings. The van der Waals surface area contributed by atoms with Crippen molar-refractivity contribution in [1.29, 1.82) is 0 Å². The smallest absolute Gasteiger partial charge is 0.272 e. The highest BCUT2D eigenvalue weighted by atomic mass is 16.5. The van der Waals surface area contributed by atoms with Crippen molar-refractivity contribution in [2.24, 2.45) is 0 Å². The number of likely N-dealkylation sites (tertiary alicyclic amines) is 1. The molecule has 1 aromatic heterocycles. The Morgan fingerprint density at radius 1 is 1.06 bits per heavy atom. The third kappa shape index (κ3) is 4.55. The Morgan fingerprint density at radius 3 is 2.48 bits per heavy atom. The third-order valence-electron chi connectivity index (χ3n) is 5.87. The van der Waals surface area contributed by atoms with E-state index in [1.807, 2.05) is 36.1 Å². The first-order valence-electron chi connectivity index (χ1n) is 10.7. The number of aryl methyl sites for hydroxylation is 2. The highest BCUT2D eigenvalue weighted by Crippen LogP contribution is 2.35. The highest BCUT2D eigenvalue weighted by molar-refractivity contribution is 5.94. The topological polar surface area (TPSA) is 51.7 Å². The van der Waals surface area contributed by atoms with E-state index in [1.54, 1.807) is 13.3 Å². The Hall–Kier alpha value is -3.34. The van der Waals surface area contributed by atoms with E-state index < -0.39 is 0 Å². The number of methoxy groups -OCH3 is 1. The molecule has 0 N–H and O–H groups in total. The molecular weight excluding hydrogens is 388 g/mol.